The van der Waals surface area contributed by atoms with Gasteiger partial charge in [0, 0.05) is 12.5 Å². The molecule has 22 heavy (non-hydrogen) atoms. The van der Waals surface area contributed by atoms with E-state index in [1.54, 1.807) is 11.6 Å². The van der Waals surface area contributed by atoms with E-state index < -0.39 is 35.0 Å². The first-order valence-electron chi connectivity index (χ1n) is 5.95. The first-order chi connectivity index (χ1) is 9.66. The molecule has 1 heterocycles. The number of rotatable bonds is 7. The smallest absolute Gasteiger partial charge is 0.373 e. The molecule has 0 unspecified atom stereocenters. The summed E-state index contributed by atoms with van der Waals surface area (Å²) in [7, 11) is -3.15. The number of alkyl halides is 2. The number of furan rings is 1. The van der Waals surface area contributed by atoms with Crippen LogP contribution in [0.3, 0.4) is 0 Å². The Morgan fingerprint density at radius 1 is 1.50 bits per heavy atom. The second kappa shape index (κ2) is 7.86. The highest BCUT2D eigenvalue weighted by atomic mass is 35.5. The summed E-state index contributed by atoms with van der Waals surface area (Å²) in [5.41, 5.74) is 4.83. The third-order valence-electron chi connectivity index (χ3n) is 2.59. The maximum Gasteiger partial charge on any atom is 0.373 e. The molecule has 0 spiro atoms. The van der Waals surface area contributed by atoms with Gasteiger partial charge in [-0.3, -0.25) is 0 Å². The van der Waals surface area contributed by atoms with Gasteiger partial charge >= 0.3 is 5.97 Å². The van der Waals surface area contributed by atoms with Crippen molar-refractivity contribution in [1.29, 1.82) is 0 Å². The highest BCUT2D eigenvalue weighted by molar-refractivity contribution is 7.89. The predicted octanol–water partition coefficient (Wildman–Crippen LogP) is 0.923. The van der Waals surface area contributed by atoms with E-state index in [0.29, 0.717) is 0 Å². The van der Waals surface area contributed by atoms with Crippen LogP contribution in [0.5, 0.6) is 0 Å². The van der Waals surface area contributed by atoms with Crippen molar-refractivity contribution in [2.75, 3.05) is 20.2 Å². The van der Waals surface area contributed by atoms with E-state index in [0.717, 1.165) is 13.2 Å². The summed E-state index contributed by atoms with van der Waals surface area (Å²) >= 11 is 0. The molecule has 7 nitrogen and oxygen atoms in total. The Hall–Kier alpha value is -1.23. The first kappa shape index (κ1) is 20.8. The summed E-state index contributed by atoms with van der Waals surface area (Å²) in [6.07, 6.45) is 0.153. The van der Waals surface area contributed by atoms with Crippen LogP contribution in [-0.2, 0) is 21.2 Å². The lowest BCUT2D eigenvalue weighted by Gasteiger charge is -2.14. The van der Waals surface area contributed by atoms with Crippen LogP contribution in [0.1, 0.15) is 23.2 Å². The first-order valence-corrected chi connectivity index (χ1v) is 7.43. The fraction of sp³-hybridized carbons (Fsp3) is 0.545. The Balaban J connectivity index is 0.00000441. The number of esters is 1. The molecule has 1 aromatic heterocycles. The van der Waals surface area contributed by atoms with Crippen molar-refractivity contribution in [2.45, 2.75) is 24.2 Å². The molecule has 11 heteroatoms. The highest BCUT2D eigenvalue weighted by Gasteiger charge is 2.31. The average Bonchev–Trinajstić information content (AvgIpc) is 2.89. The fourth-order valence-electron chi connectivity index (χ4n) is 1.44. The van der Waals surface area contributed by atoms with Crippen molar-refractivity contribution < 1.29 is 31.1 Å². The number of carbonyl (C=O) groups excluding carboxylic acids is 1. The number of nitrogens with one attached hydrogen (secondary N) is 1. The number of nitrogens with two attached hydrogens (primary N) is 1. The largest absolute Gasteiger partial charge is 0.463 e. The lowest BCUT2D eigenvalue weighted by atomic mass is 10.3. The lowest BCUT2D eigenvalue weighted by Crippen LogP contribution is -2.41. The summed E-state index contributed by atoms with van der Waals surface area (Å²) in [6, 6.07) is 0.938. The molecule has 128 valence electrons. The molecule has 0 bridgehead atoms. The molecule has 0 aliphatic rings. The molecule has 0 saturated carbocycles. The quantitative estimate of drug-likeness (QED) is 0.698. The molecule has 0 radical (unpaired) electrons. The third kappa shape index (κ3) is 4.90. The van der Waals surface area contributed by atoms with E-state index in [-0.39, 0.29) is 35.2 Å². The number of halogens is 3. The van der Waals surface area contributed by atoms with Gasteiger partial charge in [0.25, 0.3) is 5.92 Å². The Morgan fingerprint density at radius 2 is 2.09 bits per heavy atom. The SMILES string of the molecule is CCc1oc(C(=O)OC)cc1S(=O)(=O)NCC(F)(F)CN.Cl. The van der Waals surface area contributed by atoms with Gasteiger partial charge in [0.1, 0.15) is 10.7 Å². The number of hydrogen-bond acceptors (Lipinski definition) is 6. The molecule has 3 N–H and O–H groups in total. The van der Waals surface area contributed by atoms with Gasteiger partial charge < -0.3 is 14.9 Å². The summed E-state index contributed by atoms with van der Waals surface area (Å²) in [4.78, 5) is 10.9. The molecule has 0 aliphatic carbocycles. The standard InChI is InChI=1S/C11H16F2N2O5S.ClH/c1-3-7-9(4-8(20-7)10(16)19-2)21(17,18)15-6-11(12,13)5-14;/h4,15H,3,5-6,14H2,1-2H3;1H. The minimum absolute atomic E-state index is 0. The van der Waals surface area contributed by atoms with E-state index in [1.807, 2.05) is 0 Å². The number of ether oxygens (including phenoxy) is 1. The molecule has 0 aromatic carbocycles. The molecule has 1 aromatic rings. The molecular formula is C11H17ClF2N2O5S. The van der Waals surface area contributed by atoms with Gasteiger partial charge in [-0.25, -0.2) is 26.7 Å². The van der Waals surface area contributed by atoms with Crippen LogP contribution in [0.2, 0.25) is 0 Å². The van der Waals surface area contributed by atoms with Crippen LogP contribution < -0.4 is 10.5 Å². The van der Waals surface area contributed by atoms with E-state index in [1.165, 1.54) is 0 Å². The predicted molar refractivity (Wildman–Crippen MR) is 75.9 cm³/mol. The van der Waals surface area contributed by atoms with Crippen molar-refractivity contribution in [3.8, 4) is 0 Å². The van der Waals surface area contributed by atoms with E-state index in [2.05, 4.69) is 4.74 Å². The summed E-state index contributed by atoms with van der Waals surface area (Å²) in [5.74, 6) is -4.58. The Kier molecular flexibility index (Phi) is 7.42. The molecule has 0 atom stereocenters. The topological polar surface area (TPSA) is 112 Å². The van der Waals surface area contributed by atoms with Gasteiger partial charge in [-0.2, -0.15) is 0 Å². The Morgan fingerprint density at radius 3 is 2.55 bits per heavy atom. The Labute approximate surface area is 132 Å². The van der Waals surface area contributed by atoms with Gasteiger partial charge in [0.15, 0.2) is 0 Å². The number of methoxy groups -OCH3 is 1. The van der Waals surface area contributed by atoms with Gasteiger partial charge in [-0.05, 0) is 0 Å². The number of hydrogen-bond donors (Lipinski definition) is 2. The molecule has 1 rings (SSSR count). The lowest BCUT2D eigenvalue weighted by molar-refractivity contribution is 0.0170. The molecule has 0 fully saturated rings. The molecule has 0 aliphatic heterocycles. The molecule has 0 saturated heterocycles. The van der Waals surface area contributed by atoms with E-state index in [9.17, 15) is 22.0 Å². The fourth-order valence-corrected chi connectivity index (χ4v) is 2.74. The van der Waals surface area contributed by atoms with Crippen LogP contribution >= 0.6 is 12.4 Å². The summed E-state index contributed by atoms with van der Waals surface area (Å²) in [5, 5.41) is 0. The van der Waals surface area contributed by atoms with Crippen LogP contribution in [0.4, 0.5) is 8.78 Å². The zero-order valence-corrected chi connectivity index (χ0v) is 13.5. The van der Waals surface area contributed by atoms with Crippen LogP contribution in [0, 0.1) is 0 Å². The van der Waals surface area contributed by atoms with Crippen molar-refractivity contribution in [1.82, 2.24) is 4.72 Å². The normalized spacial score (nSPS) is 11.9. The van der Waals surface area contributed by atoms with Crippen molar-refractivity contribution in [3.63, 3.8) is 0 Å². The van der Waals surface area contributed by atoms with Crippen molar-refractivity contribution >= 4 is 28.4 Å². The molecular weight excluding hydrogens is 346 g/mol. The highest BCUT2D eigenvalue weighted by Crippen LogP contribution is 2.22. The van der Waals surface area contributed by atoms with Crippen LogP contribution in [0.15, 0.2) is 15.4 Å². The zero-order chi connectivity index (χ0) is 16.3. The van der Waals surface area contributed by atoms with E-state index in [4.69, 9.17) is 10.2 Å². The van der Waals surface area contributed by atoms with Gasteiger partial charge in [0.05, 0.1) is 20.2 Å². The second-order valence-electron chi connectivity index (χ2n) is 4.13. The van der Waals surface area contributed by atoms with Gasteiger partial charge in [-0.15, -0.1) is 12.4 Å². The minimum Gasteiger partial charge on any atom is -0.463 e. The maximum atomic E-state index is 13.0. The number of carbonyl (C=O) groups is 1. The van der Waals surface area contributed by atoms with Gasteiger partial charge in [-0.1, -0.05) is 6.92 Å². The van der Waals surface area contributed by atoms with Crippen molar-refractivity contribution in [3.05, 3.63) is 17.6 Å². The number of aryl methyl sites for hydroxylation is 1. The van der Waals surface area contributed by atoms with E-state index >= 15 is 0 Å². The summed E-state index contributed by atoms with van der Waals surface area (Å²) < 4.78 is 61.2. The average molecular weight is 363 g/mol. The van der Waals surface area contributed by atoms with Crippen LogP contribution in [-0.4, -0.2) is 40.5 Å². The molecule has 0 amide bonds. The monoisotopic (exact) mass is 362 g/mol. The Bertz CT molecular complexity index is 618. The van der Waals surface area contributed by atoms with Gasteiger partial charge in [0.2, 0.25) is 15.8 Å². The van der Waals surface area contributed by atoms with Crippen molar-refractivity contribution in [2.24, 2.45) is 5.73 Å². The summed E-state index contributed by atoms with van der Waals surface area (Å²) in [6.45, 7) is -0.546. The maximum absolute atomic E-state index is 13.0. The minimum atomic E-state index is -4.25. The second-order valence-corrected chi connectivity index (χ2v) is 5.86. The zero-order valence-electron chi connectivity index (χ0n) is 11.9. The number of sulfonamides is 1. The van der Waals surface area contributed by atoms with Crippen LogP contribution in [0.25, 0.3) is 0 Å². The third-order valence-corrected chi connectivity index (χ3v) is 4.04.